The summed E-state index contributed by atoms with van der Waals surface area (Å²) in [5.74, 6) is -2.30. The van der Waals surface area contributed by atoms with Gasteiger partial charge in [0.05, 0.1) is 24.4 Å². The maximum Gasteiger partial charge on any atom is 0.573 e. The Morgan fingerprint density at radius 3 is 2.59 bits per heavy atom. The molecule has 17 heavy (non-hydrogen) atoms. The number of pyridine rings is 1. The van der Waals surface area contributed by atoms with Crippen molar-refractivity contribution in [3.8, 4) is 11.8 Å². The largest absolute Gasteiger partial charge is 0.573 e. The molecule has 0 saturated heterocycles. The van der Waals surface area contributed by atoms with Gasteiger partial charge in [-0.2, -0.15) is 5.26 Å². The van der Waals surface area contributed by atoms with Gasteiger partial charge in [0.25, 0.3) is 0 Å². The van der Waals surface area contributed by atoms with Crippen molar-refractivity contribution in [2.24, 2.45) is 5.73 Å². The fraction of sp³-hybridized carbons (Fsp3) is 0.333. The van der Waals surface area contributed by atoms with Gasteiger partial charge in [-0.1, -0.05) is 0 Å². The van der Waals surface area contributed by atoms with E-state index in [4.69, 9.17) is 11.0 Å². The van der Waals surface area contributed by atoms with E-state index in [9.17, 15) is 17.6 Å². The van der Waals surface area contributed by atoms with Crippen LogP contribution >= 0.6 is 0 Å². The van der Waals surface area contributed by atoms with E-state index >= 15 is 0 Å². The molecule has 2 N–H and O–H groups in total. The van der Waals surface area contributed by atoms with Crippen LogP contribution in [0.1, 0.15) is 11.3 Å². The van der Waals surface area contributed by atoms with Gasteiger partial charge in [-0.3, -0.25) is 4.98 Å². The lowest BCUT2D eigenvalue weighted by atomic mass is 10.1. The summed E-state index contributed by atoms with van der Waals surface area (Å²) in [6, 6.07) is 1.69. The quantitative estimate of drug-likeness (QED) is 0.826. The molecule has 1 aromatic heterocycles. The fourth-order valence-corrected chi connectivity index (χ4v) is 1.21. The lowest BCUT2D eigenvalue weighted by Crippen LogP contribution is -2.21. The van der Waals surface area contributed by atoms with Crippen LogP contribution in [-0.4, -0.2) is 11.3 Å². The van der Waals surface area contributed by atoms with E-state index in [1.165, 1.54) is 0 Å². The smallest absolute Gasteiger partial charge is 0.402 e. The van der Waals surface area contributed by atoms with Crippen molar-refractivity contribution < 1.29 is 22.3 Å². The van der Waals surface area contributed by atoms with Crippen molar-refractivity contribution in [1.82, 2.24) is 4.98 Å². The predicted molar refractivity (Wildman–Crippen MR) is 48.1 cm³/mol. The van der Waals surface area contributed by atoms with Gasteiger partial charge < -0.3 is 10.5 Å². The van der Waals surface area contributed by atoms with Crippen molar-refractivity contribution in [2.75, 3.05) is 0 Å². The molecule has 0 fully saturated rings. The van der Waals surface area contributed by atoms with Gasteiger partial charge in [0.15, 0.2) is 11.6 Å². The molecule has 0 aliphatic carbocycles. The van der Waals surface area contributed by atoms with Crippen LogP contribution in [0.3, 0.4) is 0 Å². The van der Waals surface area contributed by atoms with Crippen LogP contribution in [0.25, 0.3) is 0 Å². The molecule has 0 unspecified atom stereocenters. The average Bonchev–Trinajstić information content (AvgIpc) is 2.22. The van der Waals surface area contributed by atoms with E-state index in [-0.39, 0.29) is 17.7 Å². The average molecular weight is 249 g/mol. The Balaban J connectivity index is 3.26. The Kier molecular flexibility index (Phi) is 3.85. The second-order valence-corrected chi connectivity index (χ2v) is 2.95. The van der Waals surface area contributed by atoms with Crippen molar-refractivity contribution >= 4 is 0 Å². The number of aromatic nitrogens is 1. The Hall–Kier alpha value is -1.88. The number of hydrogen-bond acceptors (Lipinski definition) is 4. The molecule has 0 aliphatic heterocycles. The number of ether oxygens (including phenoxy) is 1. The molecule has 0 amide bonds. The summed E-state index contributed by atoms with van der Waals surface area (Å²) in [7, 11) is 0. The highest BCUT2D eigenvalue weighted by molar-refractivity contribution is 5.38. The second-order valence-electron chi connectivity index (χ2n) is 2.95. The highest BCUT2D eigenvalue weighted by atomic mass is 19.4. The molecule has 0 aromatic carbocycles. The number of alkyl halides is 3. The molecule has 0 aliphatic rings. The number of nitrogens with zero attached hydrogens (tertiary/aromatic N) is 2. The zero-order valence-electron chi connectivity index (χ0n) is 8.38. The third-order valence-corrected chi connectivity index (χ3v) is 1.84. The summed E-state index contributed by atoms with van der Waals surface area (Å²) in [5.41, 5.74) is 4.91. The van der Waals surface area contributed by atoms with Crippen LogP contribution in [0.2, 0.25) is 0 Å². The summed E-state index contributed by atoms with van der Waals surface area (Å²) in [6.07, 6.45) is -4.75. The normalized spacial score (nSPS) is 11.1. The molecule has 1 aromatic rings. The molecule has 1 heterocycles. The van der Waals surface area contributed by atoms with Gasteiger partial charge in [-0.15, -0.1) is 13.2 Å². The predicted octanol–water partition coefficient (Wildman–Crippen LogP) is 1.64. The van der Waals surface area contributed by atoms with E-state index in [0.717, 1.165) is 0 Å². The molecule has 0 spiro atoms. The van der Waals surface area contributed by atoms with Crippen molar-refractivity contribution in [3.63, 3.8) is 0 Å². The highest BCUT2D eigenvalue weighted by Crippen LogP contribution is 2.30. The van der Waals surface area contributed by atoms with E-state index < -0.39 is 24.5 Å². The van der Waals surface area contributed by atoms with E-state index in [1.807, 2.05) is 0 Å². The first-order chi connectivity index (χ1) is 7.89. The number of halogens is 4. The van der Waals surface area contributed by atoms with Gasteiger partial charge in [0.2, 0.25) is 0 Å². The van der Waals surface area contributed by atoms with Crippen molar-refractivity contribution in [1.29, 1.82) is 5.26 Å². The molecular weight excluding hydrogens is 242 g/mol. The first kappa shape index (κ1) is 13.2. The third kappa shape index (κ3) is 3.29. The lowest BCUT2D eigenvalue weighted by molar-refractivity contribution is -0.275. The standard InChI is InChI=1S/C9H7F4N3O/c10-6-4-16-7(1-2-14)5(3-15)8(6)17-9(11,12)13/h4H,1,3,15H2. The number of nitriles is 1. The second kappa shape index (κ2) is 4.97. The van der Waals surface area contributed by atoms with Gasteiger partial charge in [0, 0.05) is 12.1 Å². The Morgan fingerprint density at radius 2 is 2.12 bits per heavy atom. The van der Waals surface area contributed by atoms with Crippen LogP contribution < -0.4 is 10.5 Å². The van der Waals surface area contributed by atoms with Crippen LogP contribution in [0.15, 0.2) is 6.20 Å². The summed E-state index contributed by atoms with van der Waals surface area (Å²) < 4.78 is 52.8. The Bertz CT molecular complexity index is 453. The van der Waals surface area contributed by atoms with E-state index in [0.29, 0.717) is 6.20 Å². The number of nitrogens with two attached hydrogens (primary N) is 1. The van der Waals surface area contributed by atoms with Crippen molar-refractivity contribution in [2.45, 2.75) is 19.3 Å². The van der Waals surface area contributed by atoms with E-state index in [2.05, 4.69) is 9.72 Å². The van der Waals surface area contributed by atoms with Crippen LogP contribution in [-0.2, 0) is 13.0 Å². The Labute approximate surface area is 93.6 Å². The van der Waals surface area contributed by atoms with Gasteiger partial charge in [-0.05, 0) is 0 Å². The summed E-state index contributed by atoms with van der Waals surface area (Å²) in [6.45, 7) is -0.410. The fourth-order valence-electron chi connectivity index (χ4n) is 1.21. The summed E-state index contributed by atoms with van der Waals surface area (Å²) in [5, 5.41) is 8.44. The minimum Gasteiger partial charge on any atom is -0.402 e. The molecule has 0 atom stereocenters. The number of hydrogen-bond donors (Lipinski definition) is 1. The molecule has 8 heteroatoms. The molecule has 92 valence electrons. The number of rotatable bonds is 3. The first-order valence-corrected chi connectivity index (χ1v) is 4.38. The maximum atomic E-state index is 13.2. The first-order valence-electron chi connectivity index (χ1n) is 4.38. The highest BCUT2D eigenvalue weighted by Gasteiger charge is 2.34. The zero-order valence-corrected chi connectivity index (χ0v) is 8.38. The lowest BCUT2D eigenvalue weighted by Gasteiger charge is -2.14. The third-order valence-electron chi connectivity index (χ3n) is 1.84. The van der Waals surface area contributed by atoms with Crippen LogP contribution in [0, 0.1) is 17.1 Å². The molecule has 4 nitrogen and oxygen atoms in total. The summed E-state index contributed by atoms with van der Waals surface area (Å²) >= 11 is 0. The van der Waals surface area contributed by atoms with Crippen LogP contribution in [0.5, 0.6) is 5.75 Å². The SMILES string of the molecule is N#CCc1ncc(F)c(OC(F)(F)F)c1CN. The topological polar surface area (TPSA) is 71.9 Å². The molecule has 0 radical (unpaired) electrons. The monoisotopic (exact) mass is 249 g/mol. The van der Waals surface area contributed by atoms with Gasteiger partial charge in [0.1, 0.15) is 0 Å². The van der Waals surface area contributed by atoms with Crippen LogP contribution in [0.4, 0.5) is 17.6 Å². The van der Waals surface area contributed by atoms with Crippen molar-refractivity contribution in [3.05, 3.63) is 23.3 Å². The summed E-state index contributed by atoms with van der Waals surface area (Å²) in [4.78, 5) is 3.50. The van der Waals surface area contributed by atoms with Gasteiger partial charge in [-0.25, -0.2) is 4.39 Å². The van der Waals surface area contributed by atoms with E-state index in [1.54, 1.807) is 6.07 Å². The molecule has 0 saturated carbocycles. The molecule has 1 rings (SSSR count). The zero-order chi connectivity index (χ0) is 13.1. The molecular formula is C9H7F4N3O. The minimum atomic E-state index is -5.03. The Morgan fingerprint density at radius 1 is 1.47 bits per heavy atom. The molecule has 0 bridgehead atoms. The maximum absolute atomic E-state index is 13.2. The van der Waals surface area contributed by atoms with Gasteiger partial charge >= 0.3 is 6.36 Å². The minimum absolute atomic E-state index is 0.0318.